The summed E-state index contributed by atoms with van der Waals surface area (Å²) in [6.45, 7) is 6.74. The van der Waals surface area contributed by atoms with Gasteiger partial charge in [0, 0.05) is 26.4 Å². The molecular formula is C15H25N5O3. The minimum Gasteiger partial charge on any atom is -0.444 e. The summed E-state index contributed by atoms with van der Waals surface area (Å²) in [5.74, 6) is 0.969. The summed E-state index contributed by atoms with van der Waals surface area (Å²) in [5, 5.41) is 2.88. The van der Waals surface area contributed by atoms with Crippen LogP contribution in [0.4, 0.5) is 16.6 Å². The Labute approximate surface area is 136 Å². The van der Waals surface area contributed by atoms with Crippen LogP contribution in [0, 0.1) is 0 Å². The van der Waals surface area contributed by atoms with Gasteiger partial charge >= 0.3 is 6.09 Å². The van der Waals surface area contributed by atoms with Crippen molar-refractivity contribution < 1.29 is 14.3 Å². The van der Waals surface area contributed by atoms with E-state index in [1.807, 2.05) is 25.7 Å². The lowest BCUT2D eigenvalue weighted by Gasteiger charge is -2.38. The predicted molar refractivity (Wildman–Crippen MR) is 87.2 cm³/mol. The van der Waals surface area contributed by atoms with Gasteiger partial charge in [-0.25, -0.2) is 9.78 Å². The molecule has 2 rings (SSSR count). The van der Waals surface area contributed by atoms with E-state index in [1.165, 1.54) is 0 Å². The highest BCUT2D eigenvalue weighted by Crippen LogP contribution is 2.19. The predicted octanol–water partition coefficient (Wildman–Crippen LogP) is 1.18. The smallest absolute Gasteiger partial charge is 0.408 e. The number of carbonyl (C=O) groups is 1. The molecule has 0 aliphatic carbocycles. The molecule has 8 heteroatoms. The lowest BCUT2D eigenvalue weighted by Crippen LogP contribution is -2.56. The lowest BCUT2D eigenvalue weighted by molar-refractivity contribution is 0.0279. The number of hydrogen-bond donors (Lipinski definition) is 2. The second-order valence-electron chi connectivity index (χ2n) is 6.54. The van der Waals surface area contributed by atoms with Gasteiger partial charge < -0.3 is 25.4 Å². The maximum atomic E-state index is 12.0. The zero-order chi connectivity index (χ0) is 17.0. The maximum absolute atomic E-state index is 12.0. The molecule has 8 nitrogen and oxygen atoms in total. The van der Waals surface area contributed by atoms with Crippen LogP contribution in [0.5, 0.6) is 0 Å². The number of aromatic nitrogens is 2. The summed E-state index contributed by atoms with van der Waals surface area (Å²) in [4.78, 5) is 22.5. The number of hydrogen-bond acceptors (Lipinski definition) is 7. The first-order chi connectivity index (χ1) is 10.8. The SMILES string of the molecule is CO[C@H]1CCN(c2nccc(N)n2)C[C@@H]1NC(=O)OC(C)(C)C. The van der Waals surface area contributed by atoms with Crippen LogP contribution in [0.25, 0.3) is 0 Å². The molecule has 0 spiro atoms. The Balaban J connectivity index is 2.05. The van der Waals surface area contributed by atoms with Gasteiger partial charge in [-0.05, 0) is 33.3 Å². The fourth-order valence-electron chi connectivity index (χ4n) is 2.51. The number of nitrogens with two attached hydrogens (primary N) is 1. The van der Waals surface area contributed by atoms with Crippen molar-refractivity contribution in [3.05, 3.63) is 12.3 Å². The Morgan fingerprint density at radius 3 is 2.83 bits per heavy atom. The Morgan fingerprint density at radius 1 is 1.48 bits per heavy atom. The highest BCUT2D eigenvalue weighted by Gasteiger charge is 2.32. The second-order valence-corrected chi connectivity index (χ2v) is 6.54. The zero-order valence-electron chi connectivity index (χ0n) is 14.1. The molecule has 0 aromatic carbocycles. The fraction of sp³-hybridized carbons (Fsp3) is 0.667. The number of ether oxygens (including phenoxy) is 2. The second kappa shape index (κ2) is 6.99. The van der Waals surface area contributed by atoms with Crippen LogP contribution in [0.15, 0.2) is 12.3 Å². The van der Waals surface area contributed by atoms with Crippen LogP contribution in [-0.2, 0) is 9.47 Å². The van der Waals surface area contributed by atoms with E-state index in [2.05, 4.69) is 15.3 Å². The summed E-state index contributed by atoms with van der Waals surface area (Å²) in [5.41, 5.74) is 5.17. The van der Waals surface area contributed by atoms with Gasteiger partial charge in [0.15, 0.2) is 0 Å². The molecule has 1 amide bonds. The number of nitrogen functional groups attached to an aromatic ring is 1. The quantitative estimate of drug-likeness (QED) is 0.861. The van der Waals surface area contributed by atoms with Crippen LogP contribution >= 0.6 is 0 Å². The van der Waals surface area contributed by atoms with E-state index in [0.717, 1.165) is 13.0 Å². The van der Waals surface area contributed by atoms with E-state index < -0.39 is 11.7 Å². The molecule has 128 valence electrons. The van der Waals surface area contributed by atoms with Crippen LogP contribution in [-0.4, -0.2) is 54.0 Å². The molecule has 0 radical (unpaired) electrons. The molecule has 0 bridgehead atoms. The normalized spacial score (nSPS) is 21.8. The molecule has 2 heterocycles. The molecule has 1 aliphatic rings. The van der Waals surface area contributed by atoms with Crippen molar-refractivity contribution in [3.8, 4) is 0 Å². The third-order valence-corrected chi connectivity index (χ3v) is 3.50. The van der Waals surface area contributed by atoms with Gasteiger partial charge in [-0.2, -0.15) is 4.98 Å². The average Bonchev–Trinajstić information content (AvgIpc) is 2.45. The van der Waals surface area contributed by atoms with Crippen molar-refractivity contribution in [1.29, 1.82) is 0 Å². The Morgan fingerprint density at radius 2 is 2.22 bits per heavy atom. The van der Waals surface area contributed by atoms with Crippen molar-refractivity contribution in [2.75, 3.05) is 30.8 Å². The lowest BCUT2D eigenvalue weighted by atomic mass is 10.0. The molecule has 1 aromatic rings. The first kappa shape index (κ1) is 17.3. The van der Waals surface area contributed by atoms with Crippen molar-refractivity contribution in [3.63, 3.8) is 0 Å². The number of anilines is 2. The summed E-state index contributed by atoms with van der Waals surface area (Å²) in [6.07, 6.45) is 1.82. The van der Waals surface area contributed by atoms with Crippen LogP contribution in [0.2, 0.25) is 0 Å². The molecule has 0 unspecified atom stereocenters. The summed E-state index contributed by atoms with van der Waals surface area (Å²) >= 11 is 0. The van der Waals surface area contributed by atoms with Gasteiger partial charge in [0.25, 0.3) is 0 Å². The first-order valence-electron chi connectivity index (χ1n) is 7.64. The highest BCUT2D eigenvalue weighted by molar-refractivity contribution is 5.68. The van der Waals surface area contributed by atoms with E-state index in [1.54, 1.807) is 19.4 Å². The number of nitrogens with one attached hydrogen (secondary N) is 1. The Hall–Kier alpha value is -2.09. The third-order valence-electron chi connectivity index (χ3n) is 3.50. The molecular weight excluding hydrogens is 298 g/mol. The molecule has 0 saturated carbocycles. The van der Waals surface area contributed by atoms with E-state index in [-0.39, 0.29) is 12.1 Å². The van der Waals surface area contributed by atoms with Gasteiger partial charge in [-0.15, -0.1) is 0 Å². The fourth-order valence-corrected chi connectivity index (χ4v) is 2.51. The topological polar surface area (TPSA) is 103 Å². The standard InChI is InChI=1S/C15H25N5O3/c1-15(2,3)23-14(21)18-10-9-20(8-6-11(10)22-4)13-17-7-5-12(16)19-13/h5,7,10-11H,6,8-9H2,1-4H3,(H,18,21)(H2,16,17,19)/t10-,11-/m0/s1. The van der Waals surface area contributed by atoms with E-state index in [4.69, 9.17) is 15.2 Å². The number of carbonyl (C=O) groups excluding carboxylic acids is 1. The molecule has 1 aromatic heterocycles. The molecule has 2 atom stereocenters. The maximum Gasteiger partial charge on any atom is 0.408 e. The van der Waals surface area contributed by atoms with Crippen molar-refractivity contribution in [2.45, 2.75) is 44.9 Å². The summed E-state index contributed by atoms with van der Waals surface area (Å²) in [7, 11) is 1.64. The van der Waals surface area contributed by atoms with Gasteiger partial charge in [-0.1, -0.05) is 0 Å². The average molecular weight is 323 g/mol. The molecule has 1 fully saturated rings. The number of piperidine rings is 1. The monoisotopic (exact) mass is 323 g/mol. The van der Waals surface area contributed by atoms with Crippen LogP contribution < -0.4 is 16.0 Å². The number of rotatable bonds is 3. The van der Waals surface area contributed by atoms with Crippen LogP contribution in [0.1, 0.15) is 27.2 Å². The molecule has 1 saturated heterocycles. The number of alkyl carbamates (subject to hydrolysis) is 1. The molecule has 3 N–H and O–H groups in total. The number of methoxy groups -OCH3 is 1. The number of nitrogens with zero attached hydrogens (tertiary/aromatic N) is 3. The minimum atomic E-state index is -0.544. The zero-order valence-corrected chi connectivity index (χ0v) is 14.1. The van der Waals surface area contributed by atoms with Gasteiger partial charge in [0.1, 0.15) is 11.4 Å². The van der Waals surface area contributed by atoms with Crippen molar-refractivity contribution in [2.24, 2.45) is 0 Å². The largest absolute Gasteiger partial charge is 0.444 e. The van der Waals surface area contributed by atoms with E-state index >= 15 is 0 Å². The third kappa shape index (κ3) is 4.95. The van der Waals surface area contributed by atoms with Gasteiger partial charge in [0.05, 0.1) is 12.1 Å². The first-order valence-corrected chi connectivity index (χ1v) is 7.64. The van der Waals surface area contributed by atoms with Crippen LogP contribution in [0.3, 0.4) is 0 Å². The van der Waals surface area contributed by atoms with E-state index in [9.17, 15) is 4.79 Å². The minimum absolute atomic E-state index is 0.0835. The van der Waals surface area contributed by atoms with E-state index in [0.29, 0.717) is 18.3 Å². The van der Waals surface area contributed by atoms with Gasteiger partial charge in [0.2, 0.25) is 5.95 Å². The number of amides is 1. The van der Waals surface area contributed by atoms with Crippen molar-refractivity contribution >= 4 is 17.9 Å². The highest BCUT2D eigenvalue weighted by atomic mass is 16.6. The Kier molecular flexibility index (Phi) is 5.25. The van der Waals surface area contributed by atoms with Gasteiger partial charge in [-0.3, -0.25) is 0 Å². The summed E-state index contributed by atoms with van der Waals surface area (Å²) < 4.78 is 10.8. The Bertz CT molecular complexity index is 546. The molecule has 23 heavy (non-hydrogen) atoms. The summed E-state index contributed by atoms with van der Waals surface area (Å²) in [6, 6.07) is 1.43. The molecule has 1 aliphatic heterocycles. The van der Waals surface area contributed by atoms with Crippen molar-refractivity contribution in [1.82, 2.24) is 15.3 Å².